The molecule has 8 heteroatoms. The van der Waals surface area contributed by atoms with E-state index in [4.69, 9.17) is 0 Å². The highest BCUT2D eigenvalue weighted by Crippen LogP contribution is 2.23. The van der Waals surface area contributed by atoms with Gasteiger partial charge in [-0.25, -0.2) is 8.42 Å². The Kier molecular flexibility index (Phi) is 7.69. The minimum atomic E-state index is -3.54. The lowest BCUT2D eigenvalue weighted by atomic mass is 10.0. The van der Waals surface area contributed by atoms with E-state index in [1.165, 1.54) is 28.6 Å². The third kappa shape index (κ3) is 5.95. The zero-order valence-electron chi connectivity index (χ0n) is 18.8. The number of piperidine rings is 1. The van der Waals surface area contributed by atoms with E-state index in [0.29, 0.717) is 30.3 Å². The average Bonchev–Trinajstić information content (AvgIpc) is 2.78. The molecule has 7 nitrogen and oxygen atoms in total. The van der Waals surface area contributed by atoms with Crippen LogP contribution in [0.4, 0.5) is 5.69 Å². The maximum absolute atomic E-state index is 12.8. The Labute approximate surface area is 190 Å². The molecule has 1 heterocycles. The predicted molar refractivity (Wildman–Crippen MR) is 125 cm³/mol. The van der Waals surface area contributed by atoms with Gasteiger partial charge >= 0.3 is 0 Å². The largest absolute Gasteiger partial charge is 0.348 e. The zero-order valence-corrected chi connectivity index (χ0v) is 19.6. The summed E-state index contributed by atoms with van der Waals surface area (Å²) in [5, 5.41) is 5.67. The minimum absolute atomic E-state index is 0.0692. The van der Waals surface area contributed by atoms with E-state index in [2.05, 4.69) is 17.6 Å². The van der Waals surface area contributed by atoms with Crippen molar-refractivity contribution >= 4 is 27.5 Å². The van der Waals surface area contributed by atoms with Crippen molar-refractivity contribution in [3.8, 4) is 0 Å². The van der Waals surface area contributed by atoms with Crippen molar-refractivity contribution in [1.82, 2.24) is 9.62 Å². The molecule has 0 bridgehead atoms. The second kappa shape index (κ2) is 10.3. The lowest BCUT2D eigenvalue weighted by Crippen LogP contribution is -2.37. The molecule has 3 rings (SSSR count). The first-order valence-corrected chi connectivity index (χ1v) is 12.4. The summed E-state index contributed by atoms with van der Waals surface area (Å²) in [6.45, 7) is 7.13. The summed E-state index contributed by atoms with van der Waals surface area (Å²) in [7, 11) is -3.54. The highest BCUT2D eigenvalue weighted by atomic mass is 32.2. The van der Waals surface area contributed by atoms with E-state index in [0.717, 1.165) is 18.4 Å². The first kappa shape index (κ1) is 23.9. The molecule has 1 fully saturated rings. The molecule has 0 aromatic heterocycles. The molecule has 0 saturated carbocycles. The third-order valence-corrected chi connectivity index (χ3v) is 7.58. The summed E-state index contributed by atoms with van der Waals surface area (Å²) in [5.41, 5.74) is 1.91. The standard InChI is InChI=1S/C24H31N3O4S/c1-17(2)23(28)26-21-6-4-5-19(15-21)16-25-24(29)20-7-9-22(10-8-20)32(30,31)27-13-11-18(3)12-14-27/h4-10,15,17-18H,11-14,16H2,1-3H3,(H,25,29)(H,26,28). The second-order valence-corrected chi connectivity index (χ2v) is 10.6. The molecule has 2 aromatic carbocycles. The fourth-order valence-corrected chi connectivity index (χ4v) is 4.95. The number of sulfonamides is 1. The van der Waals surface area contributed by atoms with Gasteiger partial charge in [-0.15, -0.1) is 0 Å². The van der Waals surface area contributed by atoms with Crippen LogP contribution < -0.4 is 10.6 Å². The van der Waals surface area contributed by atoms with Gasteiger partial charge in [0.15, 0.2) is 0 Å². The number of nitrogens with zero attached hydrogens (tertiary/aromatic N) is 1. The summed E-state index contributed by atoms with van der Waals surface area (Å²) in [6.07, 6.45) is 1.73. The van der Waals surface area contributed by atoms with Crippen LogP contribution in [0.1, 0.15) is 49.5 Å². The number of amides is 2. The van der Waals surface area contributed by atoms with Crippen LogP contribution in [-0.4, -0.2) is 37.6 Å². The van der Waals surface area contributed by atoms with E-state index in [1.807, 2.05) is 32.0 Å². The number of nitrogens with one attached hydrogen (secondary N) is 2. The number of anilines is 1. The summed E-state index contributed by atoms with van der Waals surface area (Å²) in [4.78, 5) is 24.6. The van der Waals surface area contributed by atoms with Gasteiger partial charge in [0.2, 0.25) is 15.9 Å². The number of hydrogen-bond donors (Lipinski definition) is 2. The van der Waals surface area contributed by atoms with Gasteiger partial charge in [-0.1, -0.05) is 32.9 Å². The SMILES string of the molecule is CC1CCN(S(=O)(=O)c2ccc(C(=O)NCc3cccc(NC(=O)C(C)C)c3)cc2)CC1. The number of benzene rings is 2. The Morgan fingerprint density at radius 3 is 2.34 bits per heavy atom. The Bertz CT molecular complexity index is 1060. The van der Waals surface area contributed by atoms with Crippen molar-refractivity contribution in [2.24, 2.45) is 11.8 Å². The number of rotatable bonds is 7. The normalized spacial score (nSPS) is 15.5. The maximum atomic E-state index is 12.8. The van der Waals surface area contributed by atoms with Crippen molar-refractivity contribution in [2.45, 2.75) is 45.1 Å². The number of carbonyl (C=O) groups is 2. The average molecular weight is 458 g/mol. The Morgan fingerprint density at radius 2 is 1.72 bits per heavy atom. The minimum Gasteiger partial charge on any atom is -0.348 e. The Morgan fingerprint density at radius 1 is 1.06 bits per heavy atom. The topological polar surface area (TPSA) is 95.6 Å². The van der Waals surface area contributed by atoms with Crippen molar-refractivity contribution in [2.75, 3.05) is 18.4 Å². The van der Waals surface area contributed by atoms with Crippen molar-refractivity contribution in [1.29, 1.82) is 0 Å². The fourth-order valence-electron chi connectivity index (χ4n) is 3.48. The van der Waals surface area contributed by atoms with Gasteiger partial charge in [0, 0.05) is 36.8 Å². The molecule has 32 heavy (non-hydrogen) atoms. The highest BCUT2D eigenvalue weighted by Gasteiger charge is 2.28. The quantitative estimate of drug-likeness (QED) is 0.664. The molecule has 172 valence electrons. The van der Waals surface area contributed by atoms with E-state index < -0.39 is 10.0 Å². The van der Waals surface area contributed by atoms with Gasteiger partial charge in [0.05, 0.1) is 4.90 Å². The maximum Gasteiger partial charge on any atom is 0.251 e. The second-order valence-electron chi connectivity index (χ2n) is 8.64. The van der Waals surface area contributed by atoms with Crippen LogP contribution in [0.15, 0.2) is 53.4 Å². The van der Waals surface area contributed by atoms with Crippen LogP contribution in [0.25, 0.3) is 0 Å². The zero-order chi connectivity index (χ0) is 23.3. The first-order chi connectivity index (χ1) is 15.2. The first-order valence-electron chi connectivity index (χ1n) is 10.9. The summed E-state index contributed by atoms with van der Waals surface area (Å²) in [5.74, 6) is 0.0565. The molecule has 1 saturated heterocycles. The van der Waals surface area contributed by atoms with Gasteiger partial charge in [-0.2, -0.15) is 4.31 Å². The Balaban J connectivity index is 1.60. The van der Waals surface area contributed by atoms with Crippen LogP contribution in [0.5, 0.6) is 0 Å². The van der Waals surface area contributed by atoms with Gasteiger partial charge in [-0.3, -0.25) is 9.59 Å². The highest BCUT2D eigenvalue weighted by molar-refractivity contribution is 7.89. The van der Waals surface area contributed by atoms with Crippen LogP contribution in [0.2, 0.25) is 0 Å². The summed E-state index contributed by atoms with van der Waals surface area (Å²) in [6, 6.07) is 13.3. The van der Waals surface area contributed by atoms with Crippen LogP contribution >= 0.6 is 0 Å². The molecule has 0 atom stereocenters. The lowest BCUT2D eigenvalue weighted by molar-refractivity contribution is -0.118. The van der Waals surface area contributed by atoms with Gasteiger partial charge in [-0.05, 0) is 60.7 Å². The van der Waals surface area contributed by atoms with Crippen molar-refractivity contribution in [3.63, 3.8) is 0 Å². The Hall–Kier alpha value is -2.71. The molecule has 0 spiro atoms. The van der Waals surface area contributed by atoms with Gasteiger partial charge < -0.3 is 10.6 Å². The monoisotopic (exact) mass is 457 g/mol. The van der Waals surface area contributed by atoms with Crippen molar-refractivity contribution in [3.05, 3.63) is 59.7 Å². The molecule has 0 radical (unpaired) electrons. The van der Waals surface area contributed by atoms with Crippen LogP contribution in [0, 0.1) is 11.8 Å². The van der Waals surface area contributed by atoms with E-state index >= 15 is 0 Å². The smallest absolute Gasteiger partial charge is 0.251 e. The molecule has 0 unspecified atom stereocenters. The fraction of sp³-hybridized carbons (Fsp3) is 0.417. The van der Waals surface area contributed by atoms with E-state index in [-0.39, 0.29) is 29.2 Å². The predicted octanol–water partition coefficient (Wildman–Crippen LogP) is 3.63. The van der Waals surface area contributed by atoms with E-state index in [1.54, 1.807) is 6.07 Å². The van der Waals surface area contributed by atoms with Gasteiger partial charge in [0.25, 0.3) is 5.91 Å². The van der Waals surface area contributed by atoms with Crippen LogP contribution in [0.3, 0.4) is 0 Å². The molecular weight excluding hydrogens is 426 g/mol. The molecule has 2 N–H and O–H groups in total. The molecule has 0 aliphatic carbocycles. The number of hydrogen-bond acceptors (Lipinski definition) is 4. The van der Waals surface area contributed by atoms with Gasteiger partial charge in [0.1, 0.15) is 0 Å². The van der Waals surface area contributed by atoms with Crippen molar-refractivity contribution < 1.29 is 18.0 Å². The molecule has 2 aromatic rings. The summed E-state index contributed by atoms with van der Waals surface area (Å²) < 4.78 is 27.2. The van der Waals surface area contributed by atoms with E-state index in [9.17, 15) is 18.0 Å². The van der Waals surface area contributed by atoms with Crippen LogP contribution in [-0.2, 0) is 21.4 Å². The molecule has 1 aliphatic rings. The lowest BCUT2D eigenvalue weighted by Gasteiger charge is -2.29. The molecule has 1 aliphatic heterocycles. The third-order valence-electron chi connectivity index (χ3n) is 5.67. The number of carbonyl (C=O) groups excluding carboxylic acids is 2. The summed E-state index contributed by atoms with van der Waals surface area (Å²) >= 11 is 0. The molecule has 2 amide bonds. The molecular formula is C24H31N3O4S.